The highest BCUT2D eigenvalue weighted by Crippen LogP contribution is 2.33. The van der Waals surface area contributed by atoms with E-state index in [0.29, 0.717) is 28.6 Å². The predicted molar refractivity (Wildman–Crippen MR) is 141 cm³/mol. The van der Waals surface area contributed by atoms with Crippen molar-refractivity contribution in [1.82, 2.24) is 19.7 Å². The van der Waals surface area contributed by atoms with Gasteiger partial charge in [-0.2, -0.15) is 10.1 Å². The van der Waals surface area contributed by atoms with Crippen molar-refractivity contribution in [2.45, 2.75) is 20.3 Å². The Bertz CT molecular complexity index is 1390. The molecule has 0 aliphatic rings. The van der Waals surface area contributed by atoms with E-state index >= 15 is 0 Å². The number of halogens is 1. The van der Waals surface area contributed by atoms with Crippen LogP contribution in [0.15, 0.2) is 79.9 Å². The Morgan fingerprint density at radius 2 is 1.94 bits per heavy atom. The summed E-state index contributed by atoms with van der Waals surface area (Å²) in [6.45, 7) is 11.6. The third-order valence-electron chi connectivity index (χ3n) is 5.47. The quantitative estimate of drug-likeness (QED) is 0.243. The summed E-state index contributed by atoms with van der Waals surface area (Å²) in [5, 5.41) is 14.0. The average Bonchev–Trinajstić information content (AvgIpc) is 3.25. The van der Waals surface area contributed by atoms with Gasteiger partial charge in [0.15, 0.2) is 0 Å². The van der Waals surface area contributed by atoms with Gasteiger partial charge in [0.05, 0.1) is 11.9 Å². The van der Waals surface area contributed by atoms with E-state index in [2.05, 4.69) is 39.2 Å². The van der Waals surface area contributed by atoms with Crippen molar-refractivity contribution in [2.24, 2.45) is 7.05 Å². The summed E-state index contributed by atoms with van der Waals surface area (Å²) in [6.07, 6.45) is 7.59. The molecule has 0 radical (unpaired) electrons. The largest absolute Gasteiger partial charge is 0.356 e. The molecule has 2 aromatic heterocycles. The lowest BCUT2D eigenvalue weighted by atomic mass is 10.0. The minimum atomic E-state index is -0.298. The van der Waals surface area contributed by atoms with Crippen LogP contribution in [-0.4, -0.2) is 19.7 Å². The van der Waals surface area contributed by atoms with Crippen molar-refractivity contribution in [2.75, 3.05) is 16.0 Å². The molecular weight excluding hydrogens is 441 g/mol. The molecule has 0 atom stereocenters. The van der Waals surface area contributed by atoms with Crippen LogP contribution >= 0.6 is 0 Å². The van der Waals surface area contributed by atoms with Gasteiger partial charge in [0.1, 0.15) is 11.6 Å². The molecule has 7 nitrogen and oxygen atoms in total. The van der Waals surface area contributed by atoms with Gasteiger partial charge in [-0.15, -0.1) is 0 Å². The summed E-state index contributed by atoms with van der Waals surface area (Å²) >= 11 is 0. The maximum atomic E-state index is 14.4. The number of benzene rings is 2. The van der Waals surface area contributed by atoms with Gasteiger partial charge in [0, 0.05) is 42.1 Å². The summed E-state index contributed by atoms with van der Waals surface area (Å²) in [6, 6.07) is 10.9. The van der Waals surface area contributed by atoms with Crippen molar-refractivity contribution < 1.29 is 4.39 Å². The van der Waals surface area contributed by atoms with E-state index in [4.69, 9.17) is 4.98 Å². The Hall–Kier alpha value is -4.46. The highest BCUT2D eigenvalue weighted by molar-refractivity contribution is 5.80. The molecule has 0 saturated heterocycles. The Kier molecular flexibility index (Phi) is 6.91. The summed E-state index contributed by atoms with van der Waals surface area (Å²) in [5.41, 5.74) is 6.44. The monoisotopic (exact) mass is 469 g/mol. The van der Waals surface area contributed by atoms with Crippen LogP contribution in [0.5, 0.6) is 0 Å². The summed E-state index contributed by atoms with van der Waals surface area (Å²) in [5.74, 6) is 0.637. The van der Waals surface area contributed by atoms with Crippen molar-refractivity contribution in [3.8, 4) is 11.1 Å². The summed E-state index contributed by atoms with van der Waals surface area (Å²) in [7, 11) is 1.84. The standard InChI is InChI=1S/C27H28FN7/c1-6-18(4)31-22-9-8-17(3)25(13-22)33-26-24(20-10-19(7-2)11-21(28)12-20)15-29-27(34-26)32-23-14-30-35(5)16-23/h6,8-16,31H,1,4,7H2,2-3,5H3,(H2,29,32,33,34). The molecule has 0 amide bonds. The van der Waals surface area contributed by atoms with E-state index in [1.54, 1.807) is 29.2 Å². The third-order valence-corrected chi connectivity index (χ3v) is 5.47. The van der Waals surface area contributed by atoms with Crippen molar-refractivity contribution in [1.29, 1.82) is 0 Å². The van der Waals surface area contributed by atoms with Crippen LogP contribution in [0, 0.1) is 12.7 Å². The lowest BCUT2D eigenvalue weighted by Crippen LogP contribution is -2.04. The highest BCUT2D eigenvalue weighted by atomic mass is 19.1. The molecule has 0 bridgehead atoms. The molecule has 2 aromatic carbocycles. The Balaban J connectivity index is 1.77. The molecule has 4 rings (SSSR count). The van der Waals surface area contributed by atoms with Gasteiger partial charge in [0.2, 0.25) is 5.95 Å². The molecule has 2 heterocycles. The molecule has 4 aromatic rings. The fraction of sp³-hybridized carbons (Fsp3) is 0.148. The normalized spacial score (nSPS) is 10.6. The number of anilines is 5. The lowest BCUT2D eigenvalue weighted by Gasteiger charge is -2.16. The number of rotatable bonds is 9. The first kappa shape index (κ1) is 23.7. The van der Waals surface area contributed by atoms with Crippen LogP contribution in [0.4, 0.5) is 33.2 Å². The SMILES string of the molecule is C=CC(=C)Nc1ccc(C)c(Nc2nc(Nc3cnn(C)c3)ncc2-c2cc(F)cc(CC)c2)c1. The van der Waals surface area contributed by atoms with Gasteiger partial charge in [0.25, 0.3) is 0 Å². The molecule has 0 aliphatic carbocycles. The molecule has 0 aliphatic heterocycles. The molecule has 0 saturated carbocycles. The van der Waals surface area contributed by atoms with Crippen LogP contribution in [0.2, 0.25) is 0 Å². The van der Waals surface area contributed by atoms with Crippen molar-refractivity contribution >= 4 is 28.8 Å². The fourth-order valence-corrected chi connectivity index (χ4v) is 3.57. The van der Waals surface area contributed by atoms with Crippen molar-refractivity contribution in [3.05, 3.63) is 96.9 Å². The second-order valence-electron chi connectivity index (χ2n) is 8.19. The fourth-order valence-electron chi connectivity index (χ4n) is 3.57. The number of aromatic nitrogens is 4. The zero-order valence-electron chi connectivity index (χ0n) is 20.1. The number of hydrogen-bond donors (Lipinski definition) is 3. The zero-order valence-corrected chi connectivity index (χ0v) is 20.1. The summed E-state index contributed by atoms with van der Waals surface area (Å²) in [4.78, 5) is 9.22. The minimum absolute atomic E-state index is 0.298. The lowest BCUT2D eigenvalue weighted by molar-refractivity contribution is 0.626. The van der Waals surface area contributed by atoms with Gasteiger partial charge in [-0.1, -0.05) is 32.2 Å². The van der Waals surface area contributed by atoms with Gasteiger partial charge >= 0.3 is 0 Å². The second-order valence-corrected chi connectivity index (χ2v) is 8.19. The van der Waals surface area contributed by atoms with E-state index in [1.165, 1.54) is 6.07 Å². The van der Waals surface area contributed by atoms with Crippen LogP contribution in [0.25, 0.3) is 11.1 Å². The van der Waals surface area contributed by atoms with Crippen LogP contribution in [0.1, 0.15) is 18.1 Å². The molecule has 35 heavy (non-hydrogen) atoms. The predicted octanol–water partition coefficient (Wildman–Crippen LogP) is 6.49. The average molecular weight is 470 g/mol. The van der Waals surface area contributed by atoms with E-state index in [1.807, 2.05) is 51.4 Å². The van der Waals surface area contributed by atoms with E-state index in [9.17, 15) is 4.39 Å². The number of aryl methyl sites for hydroxylation is 3. The Morgan fingerprint density at radius 3 is 2.66 bits per heavy atom. The van der Waals surface area contributed by atoms with Gasteiger partial charge in [-0.3, -0.25) is 4.68 Å². The molecular formula is C27H28FN7. The third kappa shape index (κ3) is 5.73. The Labute approximate surface area is 204 Å². The molecule has 0 fully saturated rings. The van der Waals surface area contributed by atoms with Crippen LogP contribution in [0.3, 0.4) is 0 Å². The smallest absolute Gasteiger partial charge is 0.229 e. The maximum Gasteiger partial charge on any atom is 0.229 e. The Morgan fingerprint density at radius 1 is 1.11 bits per heavy atom. The number of hydrogen-bond acceptors (Lipinski definition) is 6. The molecule has 3 N–H and O–H groups in total. The van der Waals surface area contributed by atoms with Gasteiger partial charge in [-0.05, 0) is 60.4 Å². The van der Waals surface area contributed by atoms with E-state index in [0.717, 1.165) is 34.6 Å². The zero-order chi connectivity index (χ0) is 24.9. The van der Waals surface area contributed by atoms with Crippen LogP contribution < -0.4 is 16.0 Å². The maximum absolute atomic E-state index is 14.4. The minimum Gasteiger partial charge on any atom is -0.356 e. The number of nitrogens with zero attached hydrogens (tertiary/aromatic N) is 4. The first-order chi connectivity index (χ1) is 16.8. The molecule has 0 spiro atoms. The van der Waals surface area contributed by atoms with E-state index < -0.39 is 0 Å². The first-order valence-corrected chi connectivity index (χ1v) is 11.2. The number of nitrogens with one attached hydrogen (secondary N) is 3. The second kappa shape index (κ2) is 10.2. The van der Waals surface area contributed by atoms with Gasteiger partial charge < -0.3 is 16.0 Å². The molecule has 0 unspecified atom stereocenters. The topological polar surface area (TPSA) is 79.7 Å². The van der Waals surface area contributed by atoms with Crippen LogP contribution in [-0.2, 0) is 13.5 Å². The number of allylic oxidation sites excluding steroid dienone is 1. The summed E-state index contributed by atoms with van der Waals surface area (Å²) < 4.78 is 16.1. The van der Waals surface area contributed by atoms with E-state index in [-0.39, 0.29) is 5.82 Å². The van der Waals surface area contributed by atoms with Crippen molar-refractivity contribution in [3.63, 3.8) is 0 Å². The molecule has 178 valence electrons. The first-order valence-electron chi connectivity index (χ1n) is 11.2. The van der Waals surface area contributed by atoms with Gasteiger partial charge in [-0.25, -0.2) is 9.37 Å². The molecule has 8 heteroatoms. The highest BCUT2D eigenvalue weighted by Gasteiger charge is 2.14.